The highest BCUT2D eigenvalue weighted by molar-refractivity contribution is 4.81. The van der Waals surface area contributed by atoms with Gasteiger partial charge in [-0.2, -0.15) is 0 Å². The Labute approximate surface area is 57.1 Å². The Morgan fingerprint density at radius 2 is 2.30 bits per heavy atom. The molecule has 0 fully saturated rings. The molecule has 1 aromatic rings. The summed E-state index contributed by atoms with van der Waals surface area (Å²) in [4.78, 5) is 24.0. The summed E-state index contributed by atoms with van der Waals surface area (Å²) in [6.45, 7) is 2.16. The molecule has 54 valence electrons. The number of aromatic amines is 1. The lowest BCUT2D eigenvalue weighted by atomic mass is 10.6. The van der Waals surface area contributed by atoms with Crippen molar-refractivity contribution in [3.05, 3.63) is 33.1 Å². The standard InChI is InChI=1S/C6H8N2O2/c1-2-8-5(9)3-4-7-6(8)10/h3-4H,2H2,1H3,(H,7,10). The number of nitrogens with zero attached hydrogens (tertiary/aromatic N) is 1. The van der Waals surface area contributed by atoms with Gasteiger partial charge in [-0.25, -0.2) is 4.79 Å². The van der Waals surface area contributed by atoms with E-state index in [1.807, 2.05) is 0 Å². The molecule has 0 aromatic carbocycles. The first-order valence-electron chi connectivity index (χ1n) is 3.04. The van der Waals surface area contributed by atoms with Gasteiger partial charge in [0.15, 0.2) is 0 Å². The minimum atomic E-state index is -0.352. The minimum absolute atomic E-state index is 0.258. The topological polar surface area (TPSA) is 54.9 Å². The molecule has 1 heterocycles. The predicted octanol–water partition coefficient (Wildman–Crippen LogP) is -0.443. The molecule has 0 unspecified atom stereocenters. The van der Waals surface area contributed by atoms with Crippen LogP contribution in [-0.4, -0.2) is 9.55 Å². The normalized spacial score (nSPS) is 9.70. The molecule has 1 aromatic heterocycles. The lowest BCUT2D eigenvalue weighted by Gasteiger charge is -1.95. The van der Waals surface area contributed by atoms with E-state index in [0.29, 0.717) is 6.54 Å². The van der Waals surface area contributed by atoms with Gasteiger partial charge in [-0.1, -0.05) is 0 Å². The summed E-state index contributed by atoms with van der Waals surface area (Å²) in [6, 6.07) is 1.32. The SMILES string of the molecule is CCn1c(=O)cc[nH]c1=O. The van der Waals surface area contributed by atoms with Gasteiger partial charge in [0.2, 0.25) is 0 Å². The highest BCUT2D eigenvalue weighted by atomic mass is 16.2. The molecular formula is C6H8N2O2. The first-order chi connectivity index (χ1) is 4.75. The summed E-state index contributed by atoms with van der Waals surface area (Å²) in [5.74, 6) is 0. The molecule has 4 nitrogen and oxygen atoms in total. The van der Waals surface area contributed by atoms with Crippen molar-refractivity contribution in [3.63, 3.8) is 0 Å². The van der Waals surface area contributed by atoms with Gasteiger partial charge < -0.3 is 4.98 Å². The predicted molar refractivity (Wildman–Crippen MR) is 37.0 cm³/mol. The molecule has 4 heteroatoms. The molecule has 0 spiro atoms. The van der Waals surface area contributed by atoms with E-state index in [0.717, 1.165) is 4.57 Å². The van der Waals surface area contributed by atoms with Crippen LogP contribution in [0.1, 0.15) is 6.92 Å². The average molecular weight is 140 g/mol. The zero-order chi connectivity index (χ0) is 7.56. The molecule has 0 atom stereocenters. The zero-order valence-electron chi connectivity index (χ0n) is 5.63. The molecule has 0 amide bonds. The maximum absolute atomic E-state index is 10.8. The van der Waals surface area contributed by atoms with Crippen LogP contribution < -0.4 is 11.2 Å². The van der Waals surface area contributed by atoms with Crippen molar-refractivity contribution in [1.29, 1.82) is 0 Å². The molecule has 1 rings (SSSR count). The van der Waals surface area contributed by atoms with Crippen molar-refractivity contribution in [1.82, 2.24) is 9.55 Å². The third-order valence-electron chi connectivity index (χ3n) is 1.26. The van der Waals surface area contributed by atoms with Crippen molar-refractivity contribution in [2.45, 2.75) is 13.5 Å². The van der Waals surface area contributed by atoms with E-state index in [-0.39, 0.29) is 11.2 Å². The third-order valence-corrected chi connectivity index (χ3v) is 1.26. The van der Waals surface area contributed by atoms with E-state index in [2.05, 4.69) is 4.98 Å². The van der Waals surface area contributed by atoms with Crippen molar-refractivity contribution < 1.29 is 0 Å². The summed E-state index contributed by atoms with van der Waals surface area (Å²) in [5.41, 5.74) is -0.610. The summed E-state index contributed by atoms with van der Waals surface area (Å²) >= 11 is 0. The fourth-order valence-corrected chi connectivity index (χ4v) is 0.752. The third kappa shape index (κ3) is 1.00. The van der Waals surface area contributed by atoms with Gasteiger partial charge in [0.1, 0.15) is 0 Å². The Hall–Kier alpha value is -1.32. The van der Waals surface area contributed by atoms with Crippen LogP contribution in [0, 0.1) is 0 Å². The molecule has 0 aliphatic carbocycles. The molecular weight excluding hydrogens is 132 g/mol. The largest absolute Gasteiger partial charge is 0.328 e. The van der Waals surface area contributed by atoms with Crippen LogP contribution in [0.2, 0.25) is 0 Å². The van der Waals surface area contributed by atoms with E-state index >= 15 is 0 Å². The van der Waals surface area contributed by atoms with Gasteiger partial charge >= 0.3 is 5.69 Å². The van der Waals surface area contributed by atoms with Gasteiger partial charge in [0.05, 0.1) is 0 Å². The van der Waals surface area contributed by atoms with Crippen LogP contribution >= 0.6 is 0 Å². The van der Waals surface area contributed by atoms with Crippen LogP contribution in [0.4, 0.5) is 0 Å². The number of H-pyrrole nitrogens is 1. The smallest absolute Gasteiger partial charge is 0.314 e. The van der Waals surface area contributed by atoms with Crippen molar-refractivity contribution >= 4 is 0 Å². The Morgan fingerprint density at radius 3 is 2.70 bits per heavy atom. The molecule has 0 aliphatic rings. The number of hydrogen-bond acceptors (Lipinski definition) is 2. The highest BCUT2D eigenvalue weighted by Crippen LogP contribution is 1.66. The monoisotopic (exact) mass is 140 g/mol. The molecule has 0 bridgehead atoms. The van der Waals surface area contributed by atoms with E-state index < -0.39 is 0 Å². The van der Waals surface area contributed by atoms with Crippen molar-refractivity contribution in [2.24, 2.45) is 0 Å². The molecule has 0 saturated carbocycles. The van der Waals surface area contributed by atoms with Gasteiger partial charge in [0.25, 0.3) is 5.56 Å². The van der Waals surface area contributed by atoms with Crippen LogP contribution in [0.25, 0.3) is 0 Å². The summed E-state index contributed by atoms with van der Waals surface area (Å²) < 4.78 is 1.12. The van der Waals surface area contributed by atoms with Crippen LogP contribution in [0.3, 0.4) is 0 Å². The second kappa shape index (κ2) is 2.51. The van der Waals surface area contributed by atoms with E-state index in [1.165, 1.54) is 12.3 Å². The highest BCUT2D eigenvalue weighted by Gasteiger charge is 1.93. The van der Waals surface area contributed by atoms with Crippen LogP contribution in [0.15, 0.2) is 21.9 Å². The lowest BCUT2D eigenvalue weighted by Crippen LogP contribution is -2.32. The maximum atomic E-state index is 10.8. The molecule has 0 aliphatic heterocycles. The van der Waals surface area contributed by atoms with Gasteiger partial charge in [-0.3, -0.25) is 9.36 Å². The summed E-state index contributed by atoms with van der Waals surface area (Å²) in [6.07, 6.45) is 1.34. The molecule has 1 N–H and O–H groups in total. The first kappa shape index (κ1) is 6.80. The summed E-state index contributed by atoms with van der Waals surface area (Å²) in [5, 5.41) is 0. The Morgan fingerprint density at radius 1 is 1.60 bits per heavy atom. The average Bonchev–Trinajstić information content (AvgIpc) is 1.88. The Kier molecular flexibility index (Phi) is 1.71. The van der Waals surface area contributed by atoms with E-state index in [9.17, 15) is 9.59 Å². The number of rotatable bonds is 1. The molecule has 0 saturated heterocycles. The Bertz CT molecular complexity index is 295. The Balaban J connectivity index is 3.46. The van der Waals surface area contributed by atoms with Crippen LogP contribution in [-0.2, 0) is 6.54 Å². The minimum Gasteiger partial charge on any atom is -0.314 e. The molecule has 10 heavy (non-hydrogen) atoms. The molecule has 0 radical (unpaired) electrons. The number of hydrogen-bond donors (Lipinski definition) is 1. The van der Waals surface area contributed by atoms with Gasteiger partial charge in [0, 0.05) is 18.8 Å². The number of aromatic nitrogens is 2. The number of nitrogens with one attached hydrogen (secondary N) is 1. The zero-order valence-corrected chi connectivity index (χ0v) is 5.63. The van der Waals surface area contributed by atoms with Crippen LogP contribution in [0.5, 0.6) is 0 Å². The second-order valence-corrected chi connectivity index (χ2v) is 1.87. The quantitative estimate of drug-likeness (QED) is 0.574. The summed E-state index contributed by atoms with van der Waals surface area (Å²) in [7, 11) is 0. The van der Waals surface area contributed by atoms with Crippen molar-refractivity contribution in [3.8, 4) is 0 Å². The van der Waals surface area contributed by atoms with E-state index in [1.54, 1.807) is 6.92 Å². The van der Waals surface area contributed by atoms with E-state index in [4.69, 9.17) is 0 Å². The van der Waals surface area contributed by atoms with Gasteiger partial charge in [-0.05, 0) is 6.92 Å². The fourth-order valence-electron chi connectivity index (χ4n) is 0.752. The second-order valence-electron chi connectivity index (χ2n) is 1.87. The lowest BCUT2D eigenvalue weighted by molar-refractivity contribution is 0.672. The first-order valence-corrected chi connectivity index (χ1v) is 3.04. The fraction of sp³-hybridized carbons (Fsp3) is 0.333. The van der Waals surface area contributed by atoms with Gasteiger partial charge in [-0.15, -0.1) is 0 Å². The van der Waals surface area contributed by atoms with Crippen molar-refractivity contribution in [2.75, 3.05) is 0 Å². The maximum Gasteiger partial charge on any atom is 0.328 e.